The van der Waals surface area contributed by atoms with Gasteiger partial charge in [0.05, 0.1) is 22.7 Å². The van der Waals surface area contributed by atoms with Crippen molar-refractivity contribution in [2.45, 2.75) is 51.7 Å². The van der Waals surface area contributed by atoms with Crippen molar-refractivity contribution in [3.8, 4) is 11.1 Å². The fraction of sp³-hybridized carbons (Fsp3) is 0.324. The number of likely N-dealkylation sites (tertiary alicyclic amines) is 2. The molecule has 3 amide bonds. The zero-order chi connectivity index (χ0) is 29.6. The summed E-state index contributed by atoms with van der Waals surface area (Å²) in [5, 5.41) is 4.36. The Morgan fingerprint density at radius 1 is 0.905 bits per heavy atom. The largest absolute Gasteiger partial charge is 0.351 e. The van der Waals surface area contributed by atoms with Crippen LogP contribution in [0.25, 0.3) is 22.0 Å². The Kier molecular flexibility index (Phi) is 7.31. The van der Waals surface area contributed by atoms with Crippen LogP contribution in [0.15, 0.2) is 78.9 Å². The van der Waals surface area contributed by atoms with Gasteiger partial charge in [0.25, 0.3) is 11.8 Å². The lowest BCUT2D eigenvalue weighted by Gasteiger charge is -2.56. The topological polar surface area (TPSA) is 85.5 Å². The Hall–Kier alpha value is -4.10. The van der Waals surface area contributed by atoms with Crippen molar-refractivity contribution in [3.63, 3.8) is 0 Å². The highest BCUT2D eigenvalue weighted by Gasteiger charge is 2.51. The summed E-state index contributed by atoms with van der Waals surface area (Å²) in [5.41, 5.74) is 3.24. The van der Waals surface area contributed by atoms with Gasteiger partial charge in [0.15, 0.2) is 0 Å². The second kappa shape index (κ2) is 11.0. The quantitative estimate of drug-likeness (QED) is 0.296. The SMILES string of the molecule is CC(C)(C)[C@H](NC(=O)c1cc2ccccc2[nH]1)C(=O)N1C[C@@H]2C1CCCN2C(=O)c1ccc(-c2ccccc2)cc1Cl. The highest BCUT2D eigenvalue weighted by molar-refractivity contribution is 6.34. The summed E-state index contributed by atoms with van der Waals surface area (Å²) in [4.78, 5) is 47.7. The summed E-state index contributed by atoms with van der Waals surface area (Å²) in [7, 11) is 0. The minimum atomic E-state index is -0.719. The van der Waals surface area contributed by atoms with E-state index in [4.69, 9.17) is 11.6 Å². The molecule has 2 fully saturated rings. The predicted molar refractivity (Wildman–Crippen MR) is 165 cm³/mol. The van der Waals surface area contributed by atoms with Crippen LogP contribution >= 0.6 is 11.6 Å². The number of hydrogen-bond donors (Lipinski definition) is 2. The van der Waals surface area contributed by atoms with Gasteiger partial charge in [0.2, 0.25) is 5.91 Å². The molecule has 0 bridgehead atoms. The molecule has 3 heterocycles. The van der Waals surface area contributed by atoms with E-state index < -0.39 is 11.5 Å². The number of carbonyl (C=O) groups excluding carboxylic acids is 3. The Morgan fingerprint density at radius 2 is 1.64 bits per heavy atom. The van der Waals surface area contributed by atoms with E-state index in [0.717, 1.165) is 34.9 Å². The molecule has 1 unspecified atom stereocenters. The molecule has 3 aromatic carbocycles. The molecule has 0 saturated carbocycles. The van der Waals surface area contributed by atoms with E-state index in [1.807, 2.05) is 97.3 Å². The second-order valence-corrected chi connectivity index (χ2v) is 12.8. The first-order valence-corrected chi connectivity index (χ1v) is 14.8. The van der Waals surface area contributed by atoms with E-state index >= 15 is 0 Å². The van der Waals surface area contributed by atoms with E-state index in [2.05, 4.69) is 10.3 Å². The van der Waals surface area contributed by atoms with E-state index in [9.17, 15) is 14.4 Å². The molecule has 216 valence electrons. The van der Waals surface area contributed by atoms with Crippen molar-refractivity contribution in [2.75, 3.05) is 13.1 Å². The van der Waals surface area contributed by atoms with Crippen molar-refractivity contribution < 1.29 is 14.4 Å². The van der Waals surface area contributed by atoms with Gasteiger partial charge in [-0.3, -0.25) is 14.4 Å². The van der Waals surface area contributed by atoms with Gasteiger partial charge in [0, 0.05) is 24.0 Å². The number of nitrogens with one attached hydrogen (secondary N) is 2. The fourth-order valence-electron chi connectivity index (χ4n) is 6.20. The summed E-state index contributed by atoms with van der Waals surface area (Å²) in [6.45, 7) is 6.92. The average molecular weight is 583 g/mol. The van der Waals surface area contributed by atoms with E-state index in [1.165, 1.54) is 0 Å². The van der Waals surface area contributed by atoms with Crippen LogP contribution in [-0.2, 0) is 4.79 Å². The number of aromatic nitrogens is 1. The first-order valence-electron chi connectivity index (χ1n) is 14.5. The van der Waals surface area contributed by atoms with Gasteiger partial charge in [-0.25, -0.2) is 0 Å². The highest BCUT2D eigenvalue weighted by atomic mass is 35.5. The molecular formula is C34H35ClN4O3. The summed E-state index contributed by atoms with van der Waals surface area (Å²) in [6, 6.07) is 24.1. The van der Waals surface area contributed by atoms with Crippen LogP contribution in [0, 0.1) is 5.41 Å². The van der Waals surface area contributed by atoms with Gasteiger partial charge in [-0.05, 0) is 53.6 Å². The molecule has 0 aliphatic carbocycles. The minimum Gasteiger partial charge on any atom is -0.351 e. The lowest BCUT2D eigenvalue weighted by Crippen LogP contribution is -2.73. The standard InChI is InChI=1S/C34H35ClN4O3/c1-34(2,3)30(37-31(40)27-19-23-12-7-8-13-26(23)36-27)33(42)39-20-29-28(39)14-9-17-38(29)32(41)24-16-15-22(18-25(24)35)21-10-5-4-6-11-21/h4-8,10-13,15-16,18-19,28-30,36H,9,14,17,20H2,1-3H3,(H,37,40)/t28?,29-,30-/m1/s1. The molecular weight excluding hydrogens is 548 g/mol. The molecule has 8 heteroatoms. The van der Waals surface area contributed by atoms with Crippen molar-refractivity contribution in [3.05, 3.63) is 95.1 Å². The van der Waals surface area contributed by atoms with Gasteiger partial charge in [-0.15, -0.1) is 0 Å². The summed E-state index contributed by atoms with van der Waals surface area (Å²) < 4.78 is 0. The van der Waals surface area contributed by atoms with Gasteiger partial charge in [-0.1, -0.05) is 87.0 Å². The van der Waals surface area contributed by atoms with Gasteiger partial charge >= 0.3 is 0 Å². The number of nitrogens with zero attached hydrogens (tertiary/aromatic N) is 2. The molecule has 2 saturated heterocycles. The number of benzene rings is 3. The van der Waals surface area contributed by atoms with Gasteiger partial charge < -0.3 is 20.1 Å². The summed E-state index contributed by atoms with van der Waals surface area (Å²) in [6.07, 6.45) is 1.60. The number of hydrogen-bond acceptors (Lipinski definition) is 3. The number of fused-ring (bicyclic) bond motifs is 2. The number of H-pyrrole nitrogens is 1. The summed E-state index contributed by atoms with van der Waals surface area (Å²) in [5.74, 6) is -0.542. The molecule has 0 spiro atoms. The van der Waals surface area contributed by atoms with Gasteiger partial charge in [0.1, 0.15) is 11.7 Å². The van der Waals surface area contributed by atoms with Crippen LogP contribution in [0.2, 0.25) is 5.02 Å². The third kappa shape index (κ3) is 5.18. The first kappa shape index (κ1) is 28.0. The van der Waals surface area contributed by atoms with Crippen molar-refractivity contribution in [2.24, 2.45) is 5.41 Å². The highest BCUT2D eigenvalue weighted by Crippen LogP contribution is 2.36. The molecule has 0 radical (unpaired) electrons. The van der Waals surface area contributed by atoms with Gasteiger partial charge in [-0.2, -0.15) is 0 Å². The van der Waals surface area contributed by atoms with E-state index in [-0.39, 0.29) is 29.8 Å². The number of rotatable bonds is 5. The number of aromatic amines is 1. The van der Waals surface area contributed by atoms with Crippen molar-refractivity contribution >= 4 is 40.2 Å². The Bertz CT molecular complexity index is 1630. The van der Waals surface area contributed by atoms with Crippen LogP contribution in [0.4, 0.5) is 0 Å². The molecule has 2 aliphatic rings. The Morgan fingerprint density at radius 3 is 2.36 bits per heavy atom. The molecule has 2 N–H and O–H groups in total. The normalized spacial score (nSPS) is 19.1. The lowest BCUT2D eigenvalue weighted by molar-refractivity contribution is -0.152. The number of piperidine rings is 1. The van der Waals surface area contributed by atoms with Crippen LogP contribution < -0.4 is 5.32 Å². The Balaban J connectivity index is 1.16. The maximum atomic E-state index is 13.9. The third-order valence-electron chi connectivity index (χ3n) is 8.54. The molecule has 4 aromatic rings. The summed E-state index contributed by atoms with van der Waals surface area (Å²) >= 11 is 6.64. The van der Waals surface area contributed by atoms with Crippen LogP contribution in [-0.4, -0.2) is 63.7 Å². The van der Waals surface area contributed by atoms with Crippen molar-refractivity contribution in [1.29, 1.82) is 0 Å². The zero-order valence-corrected chi connectivity index (χ0v) is 24.8. The maximum absolute atomic E-state index is 13.9. The number of carbonyl (C=O) groups is 3. The molecule has 3 atom stereocenters. The predicted octanol–water partition coefficient (Wildman–Crippen LogP) is 6.15. The molecule has 7 nitrogen and oxygen atoms in total. The van der Waals surface area contributed by atoms with Crippen molar-refractivity contribution in [1.82, 2.24) is 20.1 Å². The maximum Gasteiger partial charge on any atom is 0.268 e. The lowest BCUT2D eigenvalue weighted by atomic mass is 9.81. The smallest absolute Gasteiger partial charge is 0.268 e. The first-order chi connectivity index (χ1) is 20.1. The van der Waals surface area contributed by atoms with E-state index in [1.54, 1.807) is 12.1 Å². The van der Waals surface area contributed by atoms with E-state index in [0.29, 0.717) is 29.4 Å². The number of halogens is 1. The molecule has 6 rings (SSSR count). The molecule has 42 heavy (non-hydrogen) atoms. The monoisotopic (exact) mass is 582 g/mol. The van der Waals surface area contributed by atoms with Crippen LogP contribution in [0.3, 0.4) is 0 Å². The molecule has 1 aromatic heterocycles. The fourth-order valence-corrected chi connectivity index (χ4v) is 6.46. The second-order valence-electron chi connectivity index (χ2n) is 12.4. The van der Waals surface area contributed by atoms with Crippen LogP contribution in [0.1, 0.15) is 54.5 Å². The minimum absolute atomic E-state index is 0.0786. The number of amides is 3. The third-order valence-corrected chi connectivity index (χ3v) is 8.85. The number of para-hydroxylation sites is 1. The average Bonchev–Trinajstić information content (AvgIpc) is 3.40. The zero-order valence-electron chi connectivity index (χ0n) is 24.1. The molecule has 2 aliphatic heterocycles. The Labute approximate surface area is 250 Å². The van der Waals surface area contributed by atoms with Crippen LogP contribution in [0.5, 0.6) is 0 Å².